The molecule has 4 heteroatoms. The topological polar surface area (TPSA) is 17.1 Å². The molecule has 66 valence electrons. The van der Waals surface area contributed by atoms with Gasteiger partial charge in [-0.15, -0.1) is 11.3 Å². The van der Waals surface area contributed by atoms with Crippen LogP contribution in [0.3, 0.4) is 0 Å². The molecule has 0 aliphatic heterocycles. The van der Waals surface area contributed by atoms with Crippen molar-refractivity contribution in [2.75, 3.05) is 0 Å². The number of hydrogen-bond acceptors (Lipinski definition) is 2. The van der Waals surface area contributed by atoms with Gasteiger partial charge in [0, 0.05) is 13.6 Å². The minimum absolute atomic E-state index is 0.758. The predicted octanol–water partition coefficient (Wildman–Crippen LogP) is 4.24. The predicted molar refractivity (Wildman–Crippen MR) is 62.6 cm³/mol. The summed E-state index contributed by atoms with van der Waals surface area (Å²) in [5.74, 6) is 0. The summed E-state index contributed by atoms with van der Waals surface area (Å²) in [4.78, 5) is 11.3. The number of halogens is 2. The first-order chi connectivity index (χ1) is 6.20. The lowest BCUT2D eigenvalue weighted by atomic mass is 10.2. The molecule has 0 saturated carbocycles. The van der Waals surface area contributed by atoms with Gasteiger partial charge in [0.1, 0.15) is 0 Å². The largest absolute Gasteiger partial charge is 0.297 e. The van der Waals surface area contributed by atoms with Gasteiger partial charge in [-0.3, -0.25) is 4.79 Å². The Labute approximate surface area is 96.0 Å². The molecular formula is C9H4Br2OS. The van der Waals surface area contributed by atoms with Crippen molar-refractivity contribution >= 4 is 59.6 Å². The van der Waals surface area contributed by atoms with Gasteiger partial charge in [0.2, 0.25) is 0 Å². The van der Waals surface area contributed by atoms with Crippen molar-refractivity contribution in [3.05, 3.63) is 32.0 Å². The minimum atomic E-state index is 0.758. The summed E-state index contributed by atoms with van der Waals surface area (Å²) in [5.41, 5.74) is 0. The first-order valence-corrected chi connectivity index (χ1v) is 5.95. The Hall–Kier alpha value is -0.190. The highest BCUT2D eigenvalue weighted by atomic mass is 79.9. The Bertz CT molecular complexity index is 476. The molecule has 0 N–H and O–H groups in total. The molecule has 13 heavy (non-hydrogen) atoms. The van der Waals surface area contributed by atoms with E-state index in [2.05, 4.69) is 31.9 Å². The molecular weight excluding hydrogens is 316 g/mol. The van der Waals surface area contributed by atoms with Crippen molar-refractivity contribution in [3.8, 4) is 0 Å². The number of rotatable bonds is 1. The van der Waals surface area contributed by atoms with Crippen LogP contribution in [0.15, 0.2) is 27.1 Å². The van der Waals surface area contributed by atoms with E-state index in [4.69, 9.17) is 0 Å². The second-order valence-corrected chi connectivity index (χ2v) is 5.43. The molecule has 0 bridgehead atoms. The highest BCUT2D eigenvalue weighted by molar-refractivity contribution is 9.11. The summed E-state index contributed by atoms with van der Waals surface area (Å²) >= 11 is 8.35. The number of fused-ring (bicyclic) bond motifs is 1. The monoisotopic (exact) mass is 318 g/mol. The molecule has 0 unspecified atom stereocenters. The second kappa shape index (κ2) is 3.52. The van der Waals surface area contributed by atoms with E-state index < -0.39 is 0 Å². The van der Waals surface area contributed by atoms with Crippen molar-refractivity contribution in [2.45, 2.75) is 0 Å². The van der Waals surface area contributed by atoms with E-state index in [1.54, 1.807) is 0 Å². The Kier molecular flexibility index (Phi) is 2.53. The zero-order valence-corrected chi connectivity index (χ0v) is 10.4. The highest BCUT2D eigenvalue weighted by Gasteiger charge is 2.05. The summed E-state index contributed by atoms with van der Waals surface area (Å²) in [6.07, 6.45) is 0.880. The average Bonchev–Trinajstić information content (AvgIpc) is 2.47. The van der Waals surface area contributed by atoms with E-state index in [1.807, 2.05) is 18.2 Å². The summed E-state index contributed by atoms with van der Waals surface area (Å²) in [6.45, 7) is 0. The number of carbonyl (C=O) groups excluding carboxylic acids is 1. The van der Waals surface area contributed by atoms with Crippen molar-refractivity contribution < 1.29 is 4.79 Å². The number of hydrogen-bond donors (Lipinski definition) is 0. The van der Waals surface area contributed by atoms with E-state index in [9.17, 15) is 4.79 Å². The van der Waals surface area contributed by atoms with E-state index in [0.29, 0.717) is 0 Å². The van der Waals surface area contributed by atoms with Gasteiger partial charge in [-0.05, 0) is 39.5 Å². The maximum absolute atomic E-state index is 10.6. The van der Waals surface area contributed by atoms with Crippen molar-refractivity contribution in [1.29, 1.82) is 0 Å². The normalized spacial score (nSPS) is 10.6. The van der Waals surface area contributed by atoms with Crippen LogP contribution in [0, 0.1) is 0 Å². The lowest BCUT2D eigenvalue weighted by Crippen LogP contribution is -1.67. The van der Waals surface area contributed by atoms with Gasteiger partial charge >= 0.3 is 0 Å². The molecule has 0 atom stereocenters. The molecule has 0 radical (unpaired) electrons. The number of thiophene rings is 1. The third-order valence-corrected chi connectivity index (χ3v) is 4.13. The molecule has 0 saturated heterocycles. The van der Waals surface area contributed by atoms with E-state index >= 15 is 0 Å². The van der Waals surface area contributed by atoms with Crippen LogP contribution in [0.5, 0.6) is 0 Å². The first-order valence-electron chi connectivity index (χ1n) is 3.54. The molecule has 1 nitrogen and oxygen atoms in total. The fraction of sp³-hybridized carbons (Fsp3) is 0. The lowest BCUT2D eigenvalue weighted by molar-refractivity contribution is 0.112. The van der Waals surface area contributed by atoms with Gasteiger partial charge in [-0.2, -0.15) is 0 Å². The van der Waals surface area contributed by atoms with E-state index in [-0.39, 0.29) is 0 Å². The van der Waals surface area contributed by atoms with Crippen LogP contribution in [-0.2, 0) is 0 Å². The third-order valence-electron chi connectivity index (χ3n) is 1.67. The van der Waals surface area contributed by atoms with Gasteiger partial charge in [0.15, 0.2) is 6.29 Å². The molecule has 0 fully saturated rings. The molecule has 1 aromatic carbocycles. The lowest BCUT2D eigenvalue weighted by Gasteiger charge is -1.94. The van der Waals surface area contributed by atoms with Gasteiger partial charge in [-0.1, -0.05) is 15.9 Å². The molecule has 0 aliphatic carbocycles. The molecule has 0 spiro atoms. The average molecular weight is 320 g/mol. The fourth-order valence-corrected chi connectivity index (χ4v) is 3.52. The molecule has 0 amide bonds. The second-order valence-electron chi connectivity index (χ2n) is 2.57. The highest BCUT2D eigenvalue weighted by Crippen LogP contribution is 2.34. The zero-order valence-electron chi connectivity index (χ0n) is 6.38. The van der Waals surface area contributed by atoms with Crippen molar-refractivity contribution in [2.24, 2.45) is 0 Å². The van der Waals surface area contributed by atoms with Crippen molar-refractivity contribution in [3.63, 3.8) is 0 Å². The van der Waals surface area contributed by atoms with E-state index in [0.717, 1.165) is 30.2 Å². The maximum Gasteiger partial charge on any atom is 0.160 e. The third kappa shape index (κ3) is 1.71. The molecule has 0 aliphatic rings. The summed E-state index contributed by atoms with van der Waals surface area (Å²) < 4.78 is 3.15. The Morgan fingerprint density at radius 1 is 1.23 bits per heavy atom. The molecule has 1 aromatic heterocycles. The molecule has 2 rings (SSSR count). The number of benzene rings is 1. The maximum atomic E-state index is 10.6. The summed E-state index contributed by atoms with van der Waals surface area (Å²) in [7, 11) is 0. The van der Waals surface area contributed by atoms with Crippen LogP contribution in [0.25, 0.3) is 10.1 Å². The number of carbonyl (C=O) groups is 1. The molecule has 1 heterocycles. The SMILES string of the molecule is O=Cc1cc2cc(Br)cc(Br)c2s1. The van der Waals surface area contributed by atoms with Crippen LogP contribution < -0.4 is 0 Å². The van der Waals surface area contributed by atoms with Crippen LogP contribution in [0.2, 0.25) is 0 Å². The smallest absolute Gasteiger partial charge is 0.160 e. The Morgan fingerprint density at radius 3 is 2.69 bits per heavy atom. The Balaban J connectivity index is 2.82. The van der Waals surface area contributed by atoms with Crippen LogP contribution in [0.4, 0.5) is 0 Å². The first kappa shape index (κ1) is 9.37. The van der Waals surface area contributed by atoms with Gasteiger partial charge in [0.25, 0.3) is 0 Å². The van der Waals surface area contributed by atoms with Gasteiger partial charge < -0.3 is 0 Å². The van der Waals surface area contributed by atoms with Crippen LogP contribution in [-0.4, -0.2) is 6.29 Å². The van der Waals surface area contributed by atoms with Gasteiger partial charge in [-0.25, -0.2) is 0 Å². The zero-order chi connectivity index (χ0) is 9.42. The van der Waals surface area contributed by atoms with Gasteiger partial charge in [0.05, 0.1) is 4.88 Å². The minimum Gasteiger partial charge on any atom is -0.297 e. The quantitative estimate of drug-likeness (QED) is 0.719. The van der Waals surface area contributed by atoms with Crippen LogP contribution >= 0.6 is 43.2 Å². The summed E-state index contributed by atoms with van der Waals surface area (Å²) in [5, 5.41) is 1.09. The number of aldehydes is 1. The Morgan fingerprint density at radius 2 is 2.00 bits per heavy atom. The fourth-order valence-electron chi connectivity index (χ4n) is 1.15. The standard InChI is InChI=1S/C9H4Br2OS/c10-6-1-5-2-7(4-12)13-9(5)8(11)3-6/h1-4H. The summed E-state index contributed by atoms with van der Waals surface area (Å²) in [6, 6.07) is 5.87. The van der Waals surface area contributed by atoms with E-state index in [1.165, 1.54) is 11.3 Å². The van der Waals surface area contributed by atoms with Crippen LogP contribution in [0.1, 0.15) is 9.67 Å². The van der Waals surface area contributed by atoms with Crippen molar-refractivity contribution in [1.82, 2.24) is 0 Å². The molecule has 2 aromatic rings.